The van der Waals surface area contributed by atoms with Crippen LogP contribution in [0.5, 0.6) is 0 Å². The van der Waals surface area contributed by atoms with Crippen molar-refractivity contribution in [2.24, 2.45) is 10.2 Å². The van der Waals surface area contributed by atoms with Crippen LogP contribution in [0, 0.1) is 5.82 Å². The Kier molecular flexibility index (Phi) is 5.69. The van der Waals surface area contributed by atoms with E-state index in [9.17, 15) is 14.0 Å². The Morgan fingerprint density at radius 3 is 2.88 bits per heavy atom. The third-order valence-corrected chi connectivity index (χ3v) is 4.39. The highest BCUT2D eigenvalue weighted by molar-refractivity contribution is 8.15. The quantitative estimate of drug-likeness (QED) is 0.622. The number of rotatable bonds is 5. The minimum absolute atomic E-state index is 0.0286. The lowest BCUT2D eigenvalue weighted by Gasteiger charge is -2.07. The molecule has 1 aliphatic heterocycles. The predicted molar refractivity (Wildman–Crippen MR) is 98.4 cm³/mol. The van der Waals surface area contributed by atoms with Crippen LogP contribution in [0.15, 0.2) is 59.0 Å². The molecule has 2 N–H and O–H groups in total. The van der Waals surface area contributed by atoms with Gasteiger partial charge >= 0.3 is 0 Å². The van der Waals surface area contributed by atoms with E-state index in [-0.39, 0.29) is 24.1 Å². The fraction of sp³-hybridized carbons (Fsp3) is 0.118. The first-order chi connectivity index (χ1) is 12.6. The van der Waals surface area contributed by atoms with Gasteiger partial charge in [0.2, 0.25) is 11.8 Å². The molecule has 1 saturated heterocycles. The number of amidine groups is 1. The van der Waals surface area contributed by atoms with Gasteiger partial charge in [-0.2, -0.15) is 5.10 Å². The first kappa shape index (κ1) is 17.7. The monoisotopic (exact) mass is 371 g/mol. The molecule has 1 aliphatic rings. The van der Waals surface area contributed by atoms with Crippen molar-refractivity contribution in [2.75, 3.05) is 5.32 Å². The van der Waals surface area contributed by atoms with E-state index < -0.39 is 5.25 Å². The molecule has 2 amide bonds. The molecule has 0 spiro atoms. The number of hydrogen-bond donors (Lipinski definition) is 2. The van der Waals surface area contributed by atoms with Crippen molar-refractivity contribution in [3.63, 3.8) is 0 Å². The lowest BCUT2D eigenvalue weighted by Crippen LogP contribution is -2.28. The van der Waals surface area contributed by atoms with E-state index in [1.807, 2.05) is 6.07 Å². The Balaban J connectivity index is 1.54. The number of thioether (sulfide) groups is 1. The van der Waals surface area contributed by atoms with Gasteiger partial charge in [0.15, 0.2) is 5.17 Å². The van der Waals surface area contributed by atoms with Crippen LogP contribution in [0.2, 0.25) is 0 Å². The summed E-state index contributed by atoms with van der Waals surface area (Å²) in [6.45, 7) is 0. The Bertz CT molecular complexity index is 855. The zero-order valence-electron chi connectivity index (χ0n) is 13.4. The van der Waals surface area contributed by atoms with Gasteiger partial charge in [0.25, 0.3) is 0 Å². The first-order valence-electron chi connectivity index (χ1n) is 7.64. The average molecular weight is 371 g/mol. The Hall–Kier alpha value is -3.07. The summed E-state index contributed by atoms with van der Waals surface area (Å²) in [5.74, 6) is -1.04. The smallest absolute Gasteiger partial charge is 0.240 e. The minimum atomic E-state index is -0.595. The molecular weight excluding hydrogens is 357 g/mol. The van der Waals surface area contributed by atoms with Gasteiger partial charge in [-0.3, -0.25) is 14.6 Å². The highest BCUT2D eigenvalue weighted by atomic mass is 32.2. The number of carbonyl (C=O) groups excluding carboxylic acids is 2. The number of hydrogen-bond acceptors (Lipinski definition) is 6. The van der Waals surface area contributed by atoms with E-state index in [2.05, 4.69) is 25.8 Å². The fourth-order valence-electron chi connectivity index (χ4n) is 2.10. The third-order valence-electron chi connectivity index (χ3n) is 3.32. The van der Waals surface area contributed by atoms with Crippen LogP contribution in [0.4, 0.5) is 10.1 Å². The number of pyridine rings is 1. The second-order valence-corrected chi connectivity index (χ2v) is 6.48. The number of amides is 2. The highest BCUT2D eigenvalue weighted by Gasteiger charge is 2.32. The normalized spacial score (nSPS) is 18.3. The van der Waals surface area contributed by atoms with E-state index in [1.165, 1.54) is 30.5 Å². The number of anilines is 1. The maximum atomic E-state index is 12.9. The van der Waals surface area contributed by atoms with Crippen molar-refractivity contribution < 1.29 is 14.0 Å². The van der Waals surface area contributed by atoms with E-state index in [4.69, 9.17) is 0 Å². The Labute approximate surface area is 152 Å². The van der Waals surface area contributed by atoms with Gasteiger partial charge in [0.1, 0.15) is 11.1 Å². The molecule has 1 fully saturated rings. The van der Waals surface area contributed by atoms with Crippen molar-refractivity contribution in [1.82, 2.24) is 10.3 Å². The summed E-state index contributed by atoms with van der Waals surface area (Å²) in [4.78, 5) is 27.9. The summed E-state index contributed by atoms with van der Waals surface area (Å²) in [5, 5.41) is 12.8. The van der Waals surface area contributed by atoms with Gasteiger partial charge in [0.05, 0.1) is 6.21 Å². The molecule has 0 unspecified atom stereocenters. The Morgan fingerprint density at radius 1 is 1.35 bits per heavy atom. The molecule has 26 heavy (non-hydrogen) atoms. The molecule has 2 aromatic rings. The SMILES string of the molecule is O=C(C[C@@H]1S/C(=N\N=C/c2cccnc2)NC1=O)Nc1ccc(F)cc1. The van der Waals surface area contributed by atoms with Crippen molar-refractivity contribution in [3.05, 3.63) is 60.2 Å². The van der Waals surface area contributed by atoms with Gasteiger partial charge in [-0.15, -0.1) is 5.10 Å². The second kappa shape index (κ2) is 8.34. The van der Waals surface area contributed by atoms with Crippen LogP contribution in [0.1, 0.15) is 12.0 Å². The number of nitrogens with zero attached hydrogens (tertiary/aromatic N) is 3. The molecule has 3 rings (SSSR count). The second-order valence-electron chi connectivity index (χ2n) is 5.29. The van der Waals surface area contributed by atoms with Crippen molar-refractivity contribution in [1.29, 1.82) is 0 Å². The van der Waals surface area contributed by atoms with Gasteiger partial charge < -0.3 is 10.6 Å². The van der Waals surface area contributed by atoms with Crippen molar-refractivity contribution in [2.45, 2.75) is 11.7 Å². The van der Waals surface area contributed by atoms with Gasteiger partial charge in [-0.25, -0.2) is 4.39 Å². The average Bonchev–Trinajstić information content (AvgIpc) is 2.97. The summed E-state index contributed by atoms with van der Waals surface area (Å²) in [6.07, 6.45) is 4.77. The lowest BCUT2D eigenvalue weighted by atomic mass is 10.2. The molecule has 2 heterocycles. The van der Waals surface area contributed by atoms with E-state index in [0.29, 0.717) is 10.9 Å². The van der Waals surface area contributed by atoms with Gasteiger partial charge in [-0.1, -0.05) is 17.8 Å². The van der Waals surface area contributed by atoms with Gasteiger partial charge in [-0.05, 0) is 30.3 Å². The number of aromatic nitrogens is 1. The summed E-state index contributed by atoms with van der Waals surface area (Å²) in [7, 11) is 0. The predicted octanol–water partition coefficient (Wildman–Crippen LogP) is 2.17. The van der Waals surface area contributed by atoms with E-state index in [0.717, 1.165) is 17.3 Å². The first-order valence-corrected chi connectivity index (χ1v) is 8.52. The van der Waals surface area contributed by atoms with Crippen LogP contribution in [-0.4, -0.2) is 33.4 Å². The molecule has 0 aliphatic carbocycles. The number of halogens is 1. The van der Waals surface area contributed by atoms with E-state index in [1.54, 1.807) is 18.5 Å². The molecule has 7 nitrogen and oxygen atoms in total. The fourth-order valence-corrected chi connectivity index (χ4v) is 3.02. The molecule has 0 bridgehead atoms. The summed E-state index contributed by atoms with van der Waals surface area (Å²) in [6, 6.07) is 9.00. The van der Waals surface area contributed by atoms with E-state index >= 15 is 0 Å². The largest absolute Gasteiger partial charge is 0.326 e. The lowest BCUT2D eigenvalue weighted by molar-refractivity contribution is -0.122. The van der Waals surface area contributed by atoms with Gasteiger partial charge in [0, 0.05) is 30.1 Å². The third kappa shape index (κ3) is 4.96. The molecule has 0 radical (unpaired) electrons. The maximum absolute atomic E-state index is 12.9. The summed E-state index contributed by atoms with van der Waals surface area (Å²) in [5.41, 5.74) is 1.25. The van der Waals surface area contributed by atoms with Crippen LogP contribution in [-0.2, 0) is 9.59 Å². The molecule has 1 atom stereocenters. The summed E-state index contributed by atoms with van der Waals surface area (Å²) < 4.78 is 12.9. The van der Waals surface area contributed by atoms with Crippen LogP contribution in [0.3, 0.4) is 0 Å². The minimum Gasteiger partial charge on any atom is -0.326 e. The van der Waals surface area contributed by atoms with Crippen LogP contribution < -0.4 is 10.6 Å². The summed E-state index contributed by atoms with van der Waals surface area (Å²) >= 11 is 1.13. The zero-order valence-corrected chi connectivity index (χ0v) is 14.2. The molecule has 0 saturated carbocycles. The Morgan fingerprint density at radius 2 is 2.15 bits per heavy atom. The number of carbonyl (C=O) groups is 2. The van der Waals surface area contributed by atoms with Crippen molar-refractivity contribution >= 4 is 40.6 Å². The molecule has 1 aromatic heterocycles. The highest BCUT2D eigenvalue weighted by Crippen LogP contribution is 2.23. The molecule has 1 aromatic carbocycles. The zero-order chi connectivity index (χ0) is 18.4. The maximum Gasteiger partial charge on any atom is 0.240 e. The molecular formula is C17H14FN5O2S. The molecule has 9 heteroatoms. The van der Waals surface area contributed by atoms with Crippen molar-refractivity contribution in [3.8, 4) is 0 Å². The van der Waals surface area contributed by atoms with Crippen LogP contribution >= 0.6 is 11.8 Å². The number of benzene rings is 1. The number of nitrogens with one attached hydrogen (secondary N) is 2. The topological polar surface area (TPSA) is 95.8 Å². The standard InChI is InChI=1S/C17H14FN5O2S/c18-12-3-5-13(6-4-12)21-15(24)8-14-16(25)22-17(26-14)23-20-10-11-2-1-7-19-9-11/h1-7,9-10,14H,8H2,(H,21,24)(H,22,23,25)/b20-10-/t14-/m0/s1. The van der Waals surface area contributed by atoms with Crippen LogP contribution in [0.25, 0.3) is 0 Å². The molecule has 132 valence electrons.